The molecule has 1 amide bonds. The van der Waals surface area contributed by atoms with Crippen LogP contribution in [-0.2, 0) is 16.1 Å². The van der Waals surface area contributed by atoms with Gasteiger partial charge in [0, 0.05) is 43.7 Å². The van der Waals surface area contributed by atoms with Crippen molar-refractivity contribution in [1.82, 2.24) is 4.90 Å². The summed E-state index contributed by atoms with van der Waals surface area (Å²) >= 11 is 0. The molecular weight excluding hydrogens is 348 g/mol. The Morgan fingerprint density at radius 3 is 2.30 bits per heavy atom. The maximum atomic E-state index is 12.3. The smallest absolute Gasteiger partial charge is 0.410 e. The lowest BCUT2D eigenvalue weighted by atomic mass is 10.0. The van der Waals surface area contributed by atoms with Crippen molar-refractivity contribution in [3.8, 4) is 0 Å². The van der Waals surface area contributed by atoms with Gasteiger partial charge in [-0.1, -0.05) is 0 Å². The van der Waals surface area contributed by atoms with Gasteiger partial charge < -0.3 is 24.4 Å². The SMILES string of the molecule is COC(=O)c1ccc(N2C[C@H]3CN(C(=O)OC(C)(C)C)C[C@H]3C2)cc1CO. The third-order valence-corrected chi connectivity index (χ3v) is 5.17. The molecule has 148 valence electrons. The van der Waals surface area contributed by atoms with Gasteiger partial charge in [-0.2, -0.15) is 0 Å². The Morgan fingerprint density at radius 2 is 1.78 bits per heavy atom. The number of ether oxygens (including phenoxy) is 2. The Labute approximate surface area is 159 Å². The van der Waals surface area contributed by atoms with E-state index < -0.39 is 11.6 Å². The van der Waals surface area contributed by atoms with Gasteiger partial charge in [0.05, 0.1) is 19.3 Å². The number of esters is 1. The lowest BCUT2D eigenvalue weighted by Crippen LogP contribution is -2.37. The first-order valence-corrected chi connectivity index (χ1v) is 9.27. The van der Waals surface area contributed by atoms with E-state index in [1.807, 2.05) is 32.9 Å². The van der Waals surface area contributed by atoms with E-state index in [1.54, 1.807) is 11.0 Å². The lowest BCUT2D eigenvalue weighted by molar-refractivity contribution is 0.0282. The molecule has 0 bridgehead atoms. The van der Waals surface area contributed by atoms with Crippen LogP contribution in [0.1, 0.15) is 36.7 Å². The fourth-order valence-electron chi connectivity index (χ4n) is 3.90. The number of methoxy groups -OCH3 is 1. The monoisotopic (exact) mass is 376 g/mol. The Hall–Kier alpha value is -2.28. The second kappa shape index (κ2) is 7.38. The van der Waals surface area contributed by atoms with Crippen LogP contribution < -0.4 is 4.90 Å². The average Bonchev–Trinajstić information content (AvgIpc) is 3.18. The number of hydrogen-bond donors (Lipinski definition) is 1. The first-order valence-electron chi connectivity index (χ1n) is 9.27. The number of aliphatic hydroxyl groups is 1. The molecule has 2 atom stereocenters. The summed E-state index contributed by atoms with van der Waals surface area (Å²) in [7, 11) is 1.33. The van der Waals surface area contributed by atoms with E-state index in [-0.39, 0.29) is 12.7 Å². The molecule has 0 aliphatic carbocycles. The van der Waals surface area contributed by atoms with Gasteiger partial charge >= 0.3 is 12.1 Å². The molecule has 7 nitrogen and oxygen atoms in total. The van der Waals surface area contributed by atoms with Gasteiger partial charge in [0.25, 0.3) is 0 Å². The zero-order valence-electron chi connectivity index (χ0n) is 16.4. The molecule has 2 heterocycles. The number of rotatable bonds is 3. The highest BCUT2D eigenvalue weighted by atomic mass is 16.6. The quantitative estimate of drug-likeness (QED) is 0.816. The van der Waals surface area contributed by atoms with E-state index in [2.05, 4.69) is 4.90 Å². The number of carbonyl (C=O) groups is 2. The molecule has 2 fully saturated rings. The number of fused-ring (bicyclic) bond motifs is 1. The highest BCUT2D eigenvalue weighted by Crippen LogP contribution is 2.35. The molecule has 7 heteroatoms. The normalized spacial score (nSPS) is 22.0. The highest BCUT2D eigenvalue weighted by Gasteiger charge is 2.42. The minimum atomic E-state index is -0.483. The number of benzene rings is 1. The van der Waals surface area contributed by atoms with Crippen molar-refractivity contribution in [1.29, 1.82) is 0 Å². The second-order valence-corrected chi connectivity index (χ2v) is 8.30. The highest BCUT2D eigenvalue weighted by molar-refractivity contribution is 5.91. The van der Waals surface area contributed by atoms with Gasteiger partial charge in [-0.3, -0.25) is 0 Å². The van der Waals surface area contributed by atoms with Gasteiger partial charge in [-0.25, -0.2) is 9.59 Å². The Bertz CT molecular complexity index is 714. The third-order valence-electron chi connectivity index (χ3n) is 5.17. The number of amides is 1. The summed E-state index contributed by atoms with van der Waals surface area (Å²) < 4.78 is 10.2. The summed E-state index contributed by atoms with van der Waals surface area (Å²) in [4.78, 5) is 28.1. The molecule has 2 saturated heterocycles. The van der Waals surface area contributed by atoms with Gasteiger partial charge in [0.1, 0.15) is 5.60 Å². The van der Waals surface area contributed by atoms with Crippen LogP contribution in [0.5, 0.6) is 0 Å². The lowest BCUT2D eigenvalue weighted by Gasteiger charge is -2.26. The first-order chi connectivity index (χ1) is 12.7. The molecule has 0 unspecified atom stereocenters. The van der Waals surface area contributed by atoms with Crippen molar-refractivity contribution in [3.05, 3.63) is 29.3 Å². The van der Waals surface area contributed by atoms with Crippen LogP contribution in [-0.4, -0.2) is 61.0 Å². The number of likely N-dealkylation sites (tertiary alicyclic amines) is 1. The van der Waals surface area contributed by atoms with Gasteiger partial charge in [-0.05, 0) is 44.5 Å². The van der Waals surface area contributed by atoms with E-state index >= 15 is 0 Å². The van der Waals surface area contributed by atoms with Crippen molar-refractivity contribution in [3.63, 3.8) is 0 Å². The maximum Gasteiger partial charge on any atom is 0.410 e. The second-order valence-electron chi connectivity index (χ2n) is 8.30. The fraction of sp³-hybridized carbons (Fsp3) is 0.600. The van der Waals surface area contributed by atoms with Gasteiger partial charge in [-0.15, -0.1) is 0 Å². The zero-order valence-corrected chi connectivity index (χ0v) is 16.4. The Balaban J connectivity index is 1.65. The van der Waals surface area contributed by atoms with Crippen LogP contribution in [0.3, 0.4) is 0 Å². The molecule has 3 rings (SSSR count). The molecule has 1 aromatic rings. The molecule has 1 N–H and O–H groups in total. The average molecular weight is 376 g/mol. The standard InChI is InChI=1S/C20H28N2O5/c1-20(2,3)27-19(25)22-10-14-8-21(9-15(14)11-22)16-5-6-17(18(24)26-4)13(7-16)12-23/h5-7,14-15,23H,8-12H2,1-4H3/t14-,15+. The molecule has 1 aromatic carbocycles. The predicted molar refractivity (Wildman–Crippen MR) is 101 cm³/mol. The van der Waals surface area contributed by atoms with Gasteiger partial charge in [0.2, 0.25) is 0 Å². The molecule has 0 radical (unpaired) electrons. The summed E-state index contributed by atoms with van der Waals surface area (Å²) in [6, 6.07) is 5.44. The Morgan fingerprint density at radius 1 is 1.15 bits per heavy atom. The van der Waals surface area contributed by atoms with Crippen molar-refractivity contribution in [2.75, 3.05) is 38.2 Å². The van der Waals surface area contributed by atoms with Crippen LogP contribution in [0.25, 0.3) is 0 Å². The molecule has 0 aromatic heterocycles. The van der Waals surface area contributed by atoms with E-state index in [0.717, 1.165) is 18.8 Å². The van der Waals surface area contributed by atoms with Crippen LogP contribution in [0.15, 0.2) is 18.2 Å². The number of carbonyl (C=O) groups excluding carboxylic acids is 2. The van der Waals surface area contributed by atoms with Crippen LogP contribution in [0.2, 0.25) is 0 Å². The molecule has 27 heavy (non-hydrogen) atoms. The predicted octanol–water partition coefficient (Wildman–Crippen LogP) is 2.27. The summed E-state index contributed by atoms with van der Waals surface area (Å²) in [5, 5.41) is 9.60. The van der Waals surface area contributed by atoms with Crippen LogP contribution in [0, 0.1) is 11.8 Å². The van der Waals surface area contributed by atoms with Crippen LogP contribution in [0.4, 0.5) is 10.5 Å². The maximum absolute atomic E-state index is 12.3. The molecule has 0 saturated carbocycles. The topological polar surface area (TPSA) is 79.3 Å². The summed E-state index contributed by atoms with van der Waals surface area (Å²) in [6.07, 6.45) is -0.242. The van der Waals surface area contributed by atoms with Crippen LogP contribution >= 0.6 is 0 Å². The molecule has 2 aliphatic rings. The van der Waals surface area contributed by atoms with E-state index in [1.165, 1.54) is 7.11 Å². The van der Waals surface area contributed by atoms with E-state index in [9.17, 15) is 14.7 Å². The largest absolute Gasteiger partial charge is 0.465 e. The van der Waals surface area contributed by atoms with Crippen molar-refractivity contribution in [2.45, 2.75) is 33.0 Å². The third kappa shape index (κ3) is 4.18. The number of hydrogen-bond acceptors (Lipinski definition) is 6. The summed E-state index contributed by atoms with van der Waals surface area (Å²) in [5.41, 5.74) is 1.44. The molecule has 0 spiro atoms. The fourth-order valence-corrected chi connectivity index (χ4v) is 3.90. The number of aliphatic hydroxyl groups excluding tert-OH is 1. The Kier molecular flexibility index (Phi) is 5.33. The van der Waals surface area contributed by atoms with Gasteiger partial charge in [0.15, 0.2) is 0 Å². The summed E-state index contributed by atoms with van der Waals surface area (Å²) in [6.45, 7) is 8.48. The van der Waals surface area contributed by atoms with Crippen molar-refractivity contribution < 1.29 is 24.2 Å². The van der Waals surface area contributed by atoms with E-state index in [0.29, 0.717) is 36.1 Å². The first kappa shape index (κ1) is 19.5. The van der Waals surface area contributed by atoms with Crippen molar-refractivity contribution >= 4 is 17.7 Å². The minimum absolute atomic E-state index is 0.217. The molecule has 2 aliphatic heterocycles. The number of anilines is 1. The molecular formula is C20H28N2O5. The van der Waals surface area contributed by atoms with E-state index in [4.69, 9.17) is 9.47 Å². The minimum Gasteiger partial charge on any atom is -0.465 e. The zero-order chi connectivity index (χ0) is 19.8. The van der Waals surface area contributed by atoms with Crippen molar-refractivity contribution in [2.24, 2.45) is 11.8 Å². The number of nitrogens with zero attached hydrogens (tertiary/aromatic N) is 2. The summed E-state index contributed by atoms with van der Waals surface area (Å²) in [5.74, 6) is 0.350.